The highest BCUT2D eigenvalue weighted by molar-refractivity contribution is 6.19. The molecular weight excluding hydrogens is 885 g/mol. The molecule has 0 unspecified atom stereocenters. The summed E-state index contributed by atoms with van der Waals surface area (Å²) in [5.41, 5.74) is 26.6. The smallest absolute Gasteiger partial charge is 0.137 e. The first-order chi connectivity index (χ1) is 35.9. The van der Waals surface area contributed by atoms with Crippen molar-refractivity contribution >= 4 is 65.6 Å². The fourth-order valence-electron chi connectivity index (χ4n) is 14.2. The van der Waals surface area contributed by atoms with Gasteiger partial charge in [-0.05, 0) is 151 Å². The second-order valence-corrected chi connectivity index (χ2v) is 21.1. The van der Waals surface area contributed by atoms with E-state index in [4.69, 9.17) is 4.42 Å². The van der Waals surface area contributed by atoms with Crippen molar-refractivity contribution < 1.29 is 4.42 Å². The number of rotatable bonds is 3. The molecule has 73 heavy (non-hydrogen) atoms. The van der Waals surface area contributed by atoms with E-state index < -0.39 is 5.41 Å². The van der Waals surface area contributed by atoms with Crippen molar-refractivity contribution in [2.24, 2.45) is 0 Å². The molecule has 0 saturated carbocycles. The Morgan fingerprint density at radius 1 is 0.288 bits per heavy atom. The Bertz CT molecular complexity index is 4700. The Labute approximate surface area is 421 Å². The molecule has 3 heterocycles. The zero-order valence-corrected chi connectivity index (χ0v) is 40.2. The Morgan fingerprint density at radius 2 is 0.795 bits per heavy atom. The number of furan rings is 1. The first-order valence-corrected chi connectivity index (χ1v) is 25.6. The summed E-state index contributed by atoms with van der Waals surface area (Å²) < 4.78 is 11.6. The minimum Gasteiger partial charge on any atom is -0.456 e. The van der Waals surface area contributed by atoms with Crippen molar-refractivity contribution in [1.29, 1.82) is 0 Å². The van der Waals surface area contributed by atoms with E-state index >= 15 is 0 Å². The van der Waals surface area contributed by atoms with Gasteiger partial charge in [-0.2, -0.15) is 0 Å². The van der Waals surface area contributed by atoms with Crippen LogP contribution < -0.4 is 0 Å². The van der Waals surface area contributed by atoms with E-state index in [9.17, 15) is 0 Å². The summed E-state index contributed by atoms with van der Waals surface area (Å²) in [5.74, 6) is 0. The number of fused-ring (bicyclic) bond motifs is 22. The van der Waals surface area contributed by atoms with Gasteiger partial charge in [-0.25, -0.2) is 0 Å². The number of hydrogen-bond acceptors (Lipinski definition) is 1. The fraction of sp³-hybridized carbons (Fsp3) is 0.0571. The molecule has 1 spiro atoms. The Balaban J connectivity index is 0.911. The van der Waals surface area contributed by atoms with Crippen molar-refractivity contribution in [1.82, 2.24) is 9.13 Å². The molecule has 14 aromatic rings. The average Bonchev–Trinajstić information content (AvgIpc) is 4.25. The lowest BCUT2D eigenvalue weighted by molar-refractivity contribution is 0.661. The van der Waals surface area contributed by atoms with Crippen molar-refractivity contribution in [2.45, 2.75) is 24.7 Å². The van der Waals surface area contributed by atoms with E-state index in [1.165, 1.54) is 116 Å². The molecule has 3 aliphatic carbocycles. The lowest BCUT2D eigenvalue weighted by Crippen LogP contribution is -2.26. The monoisotopic (exact) mass is 928 g/mol. The van der Waals surface area contributed by atoms with Gasteiger partial charge in [0.25, 0.3) is 0 Å². The zero-order chi connectivity index (χ0) is 47.9. The van der Waals surface area contributed by atoms with Crippen LogP contribution in [0, 0.1) is 0 Å². The van der Waals surface area contributed by atoms with Crippen molar-refractivity contribution in [3.63, 3.8) is 0 Å². The summed E-state index contributed by atoms with van der Waals surface area (Å²) in [6.07, 6.45) is 0. The maximum atomic E-state index is 6.66. The van der Waals surface area contributed by atoms with Gasteiger partial charge in [0.05, 0.1) is 27.5 Å². The molecule has 0 saturated heterocycles. The van der Waals surface area contributed by atoms with E-state index in [-0.39, 0.29) is 5.41 Å². The highest BCUT2D eigenvalue weighted by Gasteiger charge is 2.51. The van der Waals surface area contributed by atoms with Crippen molar-refractivity contribution in [3.8, 4) is 55.9 Å². The van der Waals surface area contributed by atoms with Crippen LogP contribution in [0.4, 0.5) is 0 Å². The average molecular weight is 929 g/mol. The number of benzene rings is 11. The van der Waals surface area contributed by atoms with Gasteiger partial charge in [0.2, 0.25) is 0 Å². The first-order valence-electron chi connectivity index (χ1n) is 25.6. The van der Waals surface area contributed by atoms with Gasteiger partial charge < -0.3 is 13.6 Å². The number of hydrogen-bond donors (Lipinski definition) is 0. The van der Waals surface area contributed by atoms with Crippen molar-refractivity contribution in [3.05, 3.63) is 264 Å². The van der Waals surface area contributed by atoms with Crippen LogP contribution in [0.3, 0.4) is 0 Å². The molecule has 0 atom stereocenters. The molecule has 11 aromatic carbocycles. The van der Waals surface area contributed by atoms with Gasteiger partial charge in [-0.15, -0.1) is 0 Å². The second kappa shape index (κ2) is 13.8. The highest BCUT2D eigenvalue weighted by atomic mass is 16.3. The van der Waals surface area contributed by atoms with Crippen LogP contribution in [0.15, 0.2) is 235 Å². The van der Waals surface area contributed by atoms with E-state index in [1.807, 2.05) is 0 Å². The number of para-hydroxylation sites is 2. The fourth-order valence-corrected chi connectivity index (χ4v) is 14.2. The molecule has 0 radical (unpaired) electrons. The van der Waals surface area contributed by atoms with Gasteiger partial charge in [-0.1, -0.05) is 166 Å². The number of aromatic nitrogens is 2. The van der Waals surface area contributed by atoms with Crippen LogP contribution in [0.2, 0.25) is 0 Å². The van der Waals surface area contributed by atoms with Crippen LogP contribution in [0.5, 0.6) is 0 Å². The molecule has 0 amide bonds. The number of nitrogens with zero attached hydrogens (tertiary/aromatic N) is 2. The van der Waals surface area contributed by atoms with Crippen LogP contribution in [0.1, 0.15) is 47.2 Å². The largest absolute Gasteiger partial charge is 0.456 e. The predicted molar refractivity (Wildman–Crippen MR) is 302 cm³/mol. The third-order valence-corrected chi connectivity index (χ3v) is 17.3. The van der Waals surface area contributed by atoms with E-state index in [0.29, 0.717) is 0 Å². The molecule has 17 rings (SSSR count). The predicted octanol–water partition coefficient (Wildman–Crippen LogP) is 18.1. The summed E-state index contributed by atoms with van der Waals surface area (Å²) in [6.45, 7) is 4.75. The van der Waals surface area contributed by atoms with Crippen LogP contribution in [-0.4, -0.2) is 9.13 Å². The topological polar surface area (TPSA) is 23.0 Å². The van der Waals surface area contributed by atoms with Crippen LogP contribution in [-0.2, 0) is 10.8 Å². The molecule has 3 aromatic heterocycles. The molecule has 3 aliphatic rings. The van der Waals surface area contributed by atoms with Crippen molar-refractivity contribution in [2.75, 3.05) is 0 Å². The molecular formula is C70H44N2O. The minimum absolute atomic E-state index is 0.105. The summed E-state index contributed by atoms with van der Waals surface area (Å²) in [6, 6.07) is 86.5. The molecule has 3 heteroatoms. The Hall–Kier alpha value is -9.18. The maximum absolute atomic E-state index is 6.66. The van der Waals surface area contributed by atoms with Gasteiger partial charge >= 0.3 is 0 Å². The van der Waals surface area contributed by atoms with Crippen LogP contribution in [0.25, 0.3) is 121 Å². The Kier molecular flexibility index (Phi) is 7.48. The lowest BCUT2D eigenvalue weighted by atomic mass is 9.70. The molecule has 0 N–H and O–H groups in total. The van der Waals surface area contributed by atoms with E-state index in [1.54, 1.807) is 0 Å². The summed E-state index contributed by atoms with van der Waals surface area (Å²) >= 11 is 0. The van der Waals surface area contributed by atoms with E-state index in [2.05, 4.69) is 254 Å². The quantitative estimate of drug-likeness (QED) is 0.173. The molecule has 340 valence electrons. The highest BCUT2D eigenvalue weighted by Crippen LogP contribution is 2.63. The maximum Gasteiger partial charge on any atom is 0.137 e. The van der Waals surface area contributed by atoms with E-state index in [0.717, 1.165) is 38.7 Å². The molecule has 0 fully saturated rings. The van der Waals surface area contributed by atoms with Gasteiger partial charge in [-0.3, -0.25) is 0 Å². The summed E-state index contributed by atoms with van der Waals surface area (Å²) in [5, 5.41) is 7.18. The van der Waals surface area contributed by atoms with Crippen LogP contribution >= 0.6 is 0 Å². The molecule has 3 nitrogen and oxygen atoms in total. The molecule has 0 aliphatic heterocycles. The first kappa shape index (κ1) is 39.5. The Morgan fingerprint density at radius 3 is 1.45 bits per heavy atom. The minimum atomic E-state index is -0.449. The third kappa shape index (κ3) is 4.94. The second-order valence-electron chi connectivity index (χ2n) is 21.1. The summed E-state index contributed by atoms with van der Waals surface area (Å²) in [7, 11) is 0. The summed E-state index contributed by atoms with van der Waals surface area (Å²) in [4.78, 5) is 0. The standard InChI is InChI=1S/C70H44N2O/c1-69(2)57-23-11-6-21-48(57)51-37-54-52-34-41(28-32-63(52)71(65(54)39-61(51)69)43-16-4-3-5-17-43)42-29-33-64-53(35-42)55-38-56-50-22-10-15-27-67(50)73-68(56)40-66(55)72(64)44-30-31-49-47-20-9-14-26-60(47)70(62(49)36-44)58-24-12-7-18-45(58)46-19-8-13-25-59(46)70/h3-40H,1-2H3. The SMILES string of the molecule is CC1(C)c2ccccc2-c2cc3c4cc(-c5ccc6c(c5)c5cc7c(cc5n6-c5ccc6c(c5)C5(c8ccccc8-c8ccccc85)c5ccccc5-6)oc5ccccc57)ccc4n(-c4ccccc4)c3cc21. The van der Waals surface area contributed by atoms with Gasteiger partial charge in [0, 0.05) is 55.2 Å². The molecule has 0 bridgehead atoms. The normalized spacial score (nSPS) is 14.4. The zero-order valence-electron chi connectivity index (χ0n) is 40.2. The van der Waals surface area contributed by atoms with Gasteiger partial charge in [0.15, 0.2) is 0 Å². The lowest BCUT2D eigenvalue weighted by Gasteiger charge is -2.30. The third-order valence-electron chi connectivity index (χ3n) is 17.3. The van der Waals surface area contributed by atoms with Gasteiger partial charge in [0.1, 0.15) is 11.2 Å².